The Kier molecular flexibility index (Phi) is 4.98. The van der Waals surface area contributed by atoms with Gasteiger partial charge in [-0.1, -0.05) is 0 Å². The van der Waals surface area contributed by atoms with Gasteiger partial charge in [-0.15, -0.1) is 0 Å². The molecule has 1 aromatic rings. The number of hydrogen-bond acceptors (Lipinski definition) is 4. The van der Waals surface area contributed by atoms with Gasteiger partial charge in [0, 0.05) is 39.3 Å². The highest BCUT2D eigenvalue weighted by Crippen LogP contribution is 2.23. The summed E-state index contributed by atoms with van der Waals surface area (Å²) in [5, 5.41) is 4.06. The molecule has 6 nitrogen and oxygen atoms in total. The molecule has 1 unspecified atom stereocenters. The van der Waals surface area contributed by atoms with Crippen molar-refractivity contribution in [1.29, 1.82) is 0 Å². The topological polar surface area (TPSA) is 58.4 Å². The summed E-state index contributed by atoms with van der Waals surface area (Å²) in [6.07, 6.45) is 3.59. The highest BCUT2D eigenvalue weighted by Gasteiger charge is 2.28. The van der Waals surface area contributed by atoms with Crippen molar-refractivity contribution in [3.8, 4) is 0 Å². The Balaban J connectivity index is 2.11. The van der Waals surface area contributed by atoms with Crippen molar-refractivity contribution in [2.45, 2.75) is 26.7 Å². The second-order valence-corrected chi connectivity index (χ2v) is 5.47. The molecule has 2 rings (SSSR count). The third-order valence-electron chi connectivity index (χ3n) is 4.16. The number of aromatic nitrogens is 2. The first-order valence-electron chi connectivity index (χ1n) is 7.63. The van der Waals surface area contributed by atoms with E-state index in [4.69, 9.17) is 0 Å². The molecule has 0 N–H and O–H groups in total. The number of amides is 1. The molecule has 1 saturated heterocycles. The summed E-state index contributed by atoms with van der Waals surface area (Å²) >= 11 is 0. The van der Waals surface area contributed by atoms with Crippen LogP contribution in [0.25, 0.3) is 0 Å². The van der Waals surface area contributed by atoms with Crippen LogP contribution in [0.2, 0.25) is 0 Å². The number of aryl methyl sites for hydroxylation is 1. The first kappa shape index (κ1) is 15.5. The van der Waals surface area contributed by atoms with E-state index < -0.39 is 0 Å². The molecule has 21 heavy (non-hydrogen) atoms. The summed E-state index contributed by atoms with van der Waals surface area (Å²) < 4.78 is 1.31. The Morgan fingerprint density at radius 2 is 2.14 bits per heavy atom. The van der Waals surface area contributed by atoms with Crippen LogP contribution in [-0.2, 0) is 11.8 Å². The number of carbonyl (C=O) groups excluding carboxylic acids is 1. The largest absolute Gasteiger partial charge is 0.369 e. The van der Waals surface area contributed by atoms with Crippen LogP contribution in [0.1, 0.15) is 26.7 Å². The molecule has 0 aromatic carbocycles. The lowest BCUT2D eigenvalue weighted by Gasteiger charge is -2.35. The van der Waals surface area contributed by atoms with Crippen molar-refractivity contribution in [2.75, 3.05) is 31.1 Å². The van der Waals surface area contributed by atoms with Crippen molar-refractivity contribution >= 4 is 11.6 Å². The van der Waals surface area contributed by atoms with E-state index in [-0.39, 0.29) is 17.4 Å². The molecule has 0 radical (unpaired) electrons. The average molecular weight is 292 g/mol. The van der Waals surface area contributed by atoms with Gasteiger partial charge in [-0.3, -0.25) is 9.59 Å². The Morgan fingerprint density at radius 3 is 2.76 bits per heavy atom. The number of rotatable bonds is 4. The second kappa shape index (κ2) is 6.74. The van der Waals surface area contributed by atoms with Crippen molar-refractivity contribution in [2.24, 2.45) is 13.0 Å². The lowest BCUT2D eigenvalue weighted by molar-refractivity contribution is -0.135. The molecule has 1 amide bonds. The molecule has 1 atom stereocenters. The molecule has 1 aliphatic rings. The van der Waals surface area contributed by atoms with Crippen LogP contribution < -0.4 is 10.5 Å². The van der Waals surface area contributed by atoms with Crippen LogP contribution in [-0.4, -0.2) is 46.8 Å². The van der Waals surface area contributed by atoms with Gasteiger partial charge in [-0.25, -0.2) is 4.68 Å². The van der Waals surface area contributed by atoms with E-state index in [1.54, 1.807) is 19.3 Å². The van der Waals surface area contributed by atoms with Gasteiger partial charge in [-0.05, 0) is 26.7 Å². The summed E-state index contributed by atoms with van der Waals surface area (Å²) in [5.41, 5.74) is 0.694. The van der Waals surface area contributed by atoms with Crippen molar-refractivity contribution in [3.63, 3.8) is 0 Å². The monoisotopic (exact) mass is 292 g/mol. The standard InChI is InChI=1S/C15H24N4O2/c1-4-18(5-2)15(21)12-7-6-8-19(11-12)13-9-14(20)17(3)16-10-13/h9-10,12H,4-8,11H2,1-3H3. The molecule has 0 spiro atoms. The molecule has 1 aliphatic heterocycles. The summed E-state index contributed by atoms with van der Waals surface area (Å²) in [4.78, 5) is 28.2. The van der Waals surface area contributed by atoms with Crippen LogP contribution in [0.5, 0.6) is 0 Å². The average Bonchev–Trinajstić information content (AvgIpc) is 2.51. The Labute approximate surface area is 125 Å². The molecule has 0 aliphatic carbocycles. The molecule has 0 saturated carbocycles. The van der Waals surface area contributed by atoms with Crippen LogP contribution in [0.15, 0.2) is 17.1 Å². The Hall–Kier alpha value is -1.85. The molecule has 2 heterocycles. The van der Waals surface area contributed by atoms with E-state index in [0.29, 0.717) is 6.54 Å². The Bertz CT molecular complexity index is 551. The first-order valence-corrected chi connectivity index (χ1v) is 7.63. The highest BCUT2D eigenvalue weighted by molar-refractivity contribution is 5.79. The van der Waals surface area contributed by atoms with E-state index >= 15 is 0 Å². The zero-order valence-corrected chi connectivity index (χ0v) is 13.1. The smallest absolute Gasteiger partial charge is 0.268 e. The number of nitrogens with zero attached hydrogens (tertiary/aromatic N) is 4. The molecular formula is C15H24N4O2. The van der Waals surface area contributed by atoms with Crippen LogP contribution in [0.3, 0.4) is 0 Å². The van der Waals surface area contributed by atoms with E-state index in [1.807, 2.05) is 18.7 Å². The predicted octanol–water partition coefficient (Wildman–Crippen LogP) is 0.865. The third-order valence-corrected chi connectivity index (χ3v) is 4.16. The summed E-state index contributed by atoms with van der Waals surface area (Å²) in [6.45, 7) is 7.05. The zero-order chi connectivity index (χ0) is 15.4. The van der Waals surface area contributed by atoms with Crippen molar-refractivity contribution < 1.29 is 4.79 Å². The SMILES string of the molecule is CCN(CC)C(=O)C1CCCN(c2cnn(C)c(=O)c2)C1. The van der Waals surface area contributed by atoms with Gasteiger partial charge in [0.2, 0.25) is 5.91 Å². The predicted molar refractivity (Wildman–Crippen MR) is 82.3 cm³/mol. The van der Waals surface area contributed by atoms with E-state index in [2.05, 4.69) is 10.00 Å². The molecular weight excluding hydrogens is 268 g/mol. The minimum Gasteiger partial charge on any atom is -0.369 e. The number of piperidine rings is 1. The van der Waals surface area contributed by atoms with Gasteiger partial charge in [0.15, 0.2) is 0 Å². The highest BCUT2D eigenvalue weighted by atomic mass is 16.2. The maximum Gasteiger partial charge on any atom is 0.268 e. The Morgan fingerprint density at radius 1 is 1.43 bits per heavy atom. The van der Waals surface area contributed by atoms with Crippen molar-refractivity contribution in [1.82, 2.24) is 14.7 Å². The number of carbonyl (C=O) groups is 1. The molecule has 0 bridgehead atoms. The quantitative estimate of drug-likeness (QED) is 0.826. The fourth-order valence-corrected chi connectivity index (χ4v) is 2.84. The normalized spacial score (nSPS) is 18.6. The lowest BCUT2D eigenvalue weighted by atomic mass is 9.96. The fraction of sp³-hybridized carbons (Fsp3) is 0.667. The second-order valence-electron chi connectivity index (χ2n) is 5.47. The fourth-order valence-electron chi connectivity index (χ4n) is 2.84. The number of hydrogen-bond donors (Lipinski definition) is 0. The number of anilines is 1. The molecule has 1 aromatic heterocycles. The van der Waals surface area contributed by atoms with Crippen LogP contribution in [0.4, 0.5) is 5.69 Å². The van der Waals surface area contributed by atoms with Crippen LogP contribution in [0, 0.1) is 5.92 Å². The van der Waals surface area contributed by atoms with Gasteiger partial charge in [0.1, 0.15) is 0 Å². The minimum atomic E-state index is -0.121. The molecule has 1 fully saturated rings. The summed E-state index contributed by atoms with van der Waals surface area (Å²) in [5.74, 6) is 0.240. The first-order chi connectivity index (χ1) is 10.1. The molecule has 6 heteroatoms. The van der Waals surface area contributed by atoms with Gasteiger partial charge >= 0.3 is 0 Å². The summed E-state index contributed by atoms with van der Waals surface area (Å²) in [7, 11) is 1.63. The van der Waals surface area contributed by atoms with Gasteiger partial charge in [0.05, 0.1) is 17.8 Å². The third kappa shape index (κ3) is 3.43. The van der Waals surface area contributed by atoms with E-state index in [0.717, 1.165) is 38.2 Å². The zero-order valence-electron chi connectivity index (χ0n) is 13.1. The van der Waals surface area contributed by atoms with Crippen LogP contribution >= 0.6 is 0 Å². The minimum absolute atomic E-state index is 0.0164. The summed E-state index contributed by atoms with van der Waals surface area (Å²) in [6, 6.07) is 1.59. The lowest BCUT2D eigenvalue weighted by Crippen LogP contribution is -2.45. The molecule has 116 valence electrons. The van der Waals surface area contributed by atoms with E-state index in [9.17, 15) is 9.59 Å². The van der Waals surface area contributed by atoms with Gasteiger partial charge in [0.25, 0.3) is 5.56 Å². The van der Waals surface area contributed by atoms with Crippen molar-refractivity contribution in [3.05, 3.63) is 22.6 Å². The van der Waals surface area contributed by atoms with Gasteiger partial charge in [-0.2, -0.15) is 5.10 Å². The maximum absolute atomic E-state index is 12.5. The van der Waals surface area contributed by atoms with Gasteiger partial charge < -0.3 is 9.80 Å². The van der Waals surface area contributed by atoms with E-state index in [1.165, 1.54) is 4.68 Å². The maximum atomic E-state index is 12.5.